The third kappa shape index (κ3) is 2.41. The highest BCUT2D eigenvalue weighted by atomic mass is 32.2. The first-order chi connectivity index (χ1) is 9.16. The van der Waals surface area contributed by atoms with Crippen LogP contribution in [0.2, 0.25) is 0 Å². The Morgan fingerprint density at radius 2 is 2.10 bits per heavy atom. The molecule has 1 unspecified atom stereocenters. The van der Waals surface area contributed by atoms with Crippen molar-refractivity contribution in [1.82, 2.24) is 4.31 Å². The van der Waals surface area contributed by atoms with E-state index in [4.69, 9.17) is 4.74 Å². The molecule has 110 valence electrons. The van der Waals surface area contributed by atoms with Crippen LogP contribution in [0.25, 0.3) is 0 Å². The van der Waals surface area contributed by atoms with E-state index >= 15 is 0 Å². The Balaban J connectivity index is 2.50. The van der Waals surface area contributed by atoms with E-state index in [2.05, 4.69) is 0 Å². The van der Waals surface area contributed by atoms with Gasteiger partial charge in [0, 0.05) is 12.1 Å². The minimum Gasteiger partial charge on any atom is -0.360 e. The summed E-state index contributed by atoms with van der Waals surface area (Å²) >= 11 is 0. The number of nitrogens with zero attached hydrogens (tertiary/aromatic N) is 2. The number of hydrogen-bond donors (Lipinski definition) is 0. The predicted octanol–water partition coefficient (Wildman–Crippen LogP) is 1.74. The maximum absolute atomic E-state index is 12.7. The number of non-ortho nitro benzene ring substituents is 1. The molecule has 0 aliphatic carbocycles. The number of nitro benzene ring substituents is 1. The highest BCUT2D eigenvalue weighted by molar-refractivity contribution is 7.89. The molecule has 0 aromatic heterocycles. The van der Waals surface area contributed by atoms with Gasteiger partial charge in [0.05, 0.1) is 22.0 Å². The first kappa shape index (κ1) is 14.9. The summed E-state index contributed by atoms with van der Waals surface area (Å²) in [5.41, 5.74) is -0.945. The Bertz CT molecular complexity index is 641. The molecule has 8 heteroatoms. The first-order valence-electron chi connectivity index (χ1n) is 6.07. The second-order valence-corrected chi connectivity index (χ2v) is 7.09. The summed E-state index contributed by atoms with van der Waals surface area (Å²) in [5, 5.41) is 10.8. The Kier molecular flexibility index (Phi) is 3.57. The van der Waals surface area contributed by atoms with Gasteiger partial charge in [-0.2, -0.15) is 4.31 Å². The van der Waals surface area contributed by atoms with E-state index in [0.717, 1.165) is 6.07 Å². The fraction of sp³-hybridized carbons (Fsp3) is 0.500. The zero-order chi connectivity index (χ0) is 15.1. The van der Waals surface area contributed by atoms with Crippen molar-refractivity contribution in [3.8, 4) is 0 Å². The van der Waals surface area contributed by atoms with Gasteiger partial charge in [0.25, 0.3) is 5.69 Å². The second kappa shape index (κ2) is 4.80. The largest absolute Gasteiger partial charge is 0.360 e. The van der Waals surface area contributed by atoms with Crippen LogP contribution in [-0.4, -0.2) is 36.0 Å². The monoisotopic (exact) mass is 300 g/mol. The molecule has 0 N–H and O–H groups in total. The Morgan fingerprint density at radius 1 is 1.45 bits per heavy atom. The second-order valence-electron chi connectivity index (χ2n) is 5.28. The van der Waals surface area contributed by atoms with Crippen molar-refractivity contribution in [2.24, 2.45) is 0 Å². The minimum absolute atomic E-state index is 0.0999. The average molecular weight is 300 g/mol. The van der Waals surface area contributed by atoms with Gasteiger partial charge in [0.2, 0.25) is 10.0 Å². The molecule has 0 bridgehead atoms. The van der Waals surface area contributed by atoms with Crippen molar-refractivity contribution in [3.63, 3.8) is 0 Å². The molecule has 0 spiro atoms. The Morgan fingerprint density at radius 3 is 2.60 bits per heavy atom. The lowest BCUT2D eigenvalue weighted by molar-refractivity contribution is -0.385. The van der Waals surface area contributed by atoms with E-state index in [-0.39, 0.29) is 17.2 Å². The molecule has 2 rings (SSSR count). The number of ether oxygens (including phenoxy) is 1. The topological polar surface area (TPSA) is 89.8 Å². The van der Waals surface area contributed by atoms with Gasteiger partial charge in [-0.3, -0.25) is 10.1 Å². The SMILES string of the molecule is CC1OCC(C)(C)N1S(=O)(=O)c1cccc([N+](=O)[O-])c1. The van der Waals surface area contributed by atoms with E-state index in [0.29, 0.717) is 0 Å². The van der Waals surface area contributed by atoms with Crippen molar-refractivity contribution in [3.05, 3.63) is 34.4 Å². The van der Waals surface area contributed by atoms with E-state index in [1.165, 1.54) is 22.5 Å². The molecular weight excluding hydrogens is 284 g/mol. The lowest BCUT2D eigenvalue weighted by atomic mass is 10.1. The molecule has 1 aromatic carbocycles. The molecule has 1 heterocycles. The van der Waals surface area contributed by atoms with E-state index in [1.54, 1.807) is 20.8 Å². The maximum atomic E-state index is 12.7. The first-order valence-corrected chi connectivity index (χ1v) is 7.51. The third-order valence-corrected chi connectivity index (χ3v) is 5.35. The highest BCUT2D eigenvalue weighted by Crippen LogP contribution is 2.33. The number of hydrogen-bond acceptors (Lipinski definition) is 5. The van der Waals surface area contributed by atoms with Gasteiger partial charge >= 0.3 is 0 Å². The van der Waals surface area contributed by atoms with Crippen LogP contribution < -0.4 is 0 Å². The molecule has 7 nitrogen and oxygen atoms in total. The van der Waals surface area contributed by atoms with Crippen LogP contribution in [0.4, 0.5) is 5.69 Å². The van der Waals surface area contributed by atoms with Crippen molar-refractivity contribution in [1.29, 1.82) is 0 Å². The van der Waals surface area contributed by atoms with Crippen molar-refractivity contribution in [2.45, 2.75) is 37.4 Å². The lowest BCUT2D eigenvalue weighted by Crippen LogP contribution is -2.47. The summed E-state index contributed by atoms with van der Waals surface area (Å²) in [6.45, 7) is 5.43. The summed E-state index contributed by atoms with van der Waals surface area (Å²) in [7, 11) is -3.85. The summed E-state index contributed by atoms with van der Waals surface area (Å²) in [5.74, 6) is 0. The molecule has 0 amide bonds. The summed E-state index contributed by atoms with van der Waals surface area (Å²) in [6.07, 6.45) is -0.603. The van der Waals surface area contributed by atoms with Gasteiger partial charge < -0.3 is 4.74 Å². The molecule has 1 aliphatic rings. The normalized spacial score (nSPS) is 22.9. The van der Waals surface area contributed by atoms with Crippen LogP contribution in [0.1, 0.15) is 20.8 Å². The zero-order valence-electron chi connectivity index (χ0n) is 11.4. The molecule has 0 saturated carbocycles. The van der Waals surface area contributed by atoms with Crippen LogP contribution in [-0.2, 0) is 14.8 Å². The van der Waals surface area contributed by atoms with Crippen LogP contribution in [0.5, 0.6) is 0 Å². The van der Waals surface area contributed by atoms with Crippen molar-refractivity contribution < 1.29 is 18.1 Å². The molecule has 1 saturated heterocycles. The smallest absolute Gasteiger partial charge is 0.270 e. The molecule has 1 fully saturated rings. The summed E-state index contributed by atoms with van der Waals surface area (Å²) < 4.78 is 31.9. The molecule has 20 heavy (non-hydrogen) atoms. The number of sulfonamides is 1. The third-order valence-electron chi connectivity index (χ3n) is 3.19. The molecule has 0 radical (unpaired) electrons. The summed E-state index contributed by atoms with van der Waals surface area (Å²) in [4.78, 5) is 10.0. The highest BCUT2D eigenvalue weighted by Gasteiger charge is 2.46. The quantitative estimate of drug-likeness (QED) is 0.626. The van der Waals surface area contributed by atoms with Gasteiger partial charge in [-0.15, -0.1) is 0 Å². The Hall–Kier alpha value is -1.51. The lowest BCUT2D eigenvalue weighted by Gasteiger charge is -2.30. The Labute approximate surface area is 117 Å². The van der Waals surface area contributed by atoms with Gasteiger partial charge in [0.15, 0.2) is 0 Å². The van der Waals surface area contributed by atoms with Gasteiger partial charge in [-0.25, -0.2) is 8.42 Å². The van der Waals surface area contributed by atoms with E-state index < -0.39 is 26.7 Å². The van der Waals surface area contributed by atoms with Gasteiger partial charge in [-0.05, 0) is 26.8 Å². The van der Waals surface area contributed by atoms with E-state index in [1.807, 2.05) is 0 Å². The zero-order valence-corrected chi connectivity index (χ0v) is 12.3. The van der Waals surface area contributed by atoms with Gasteiger partial charge in [0.1, 0.15) is 6.23 Å². The van der Waals surface area contributed by atoms with Crippen LogP contribution >= 0.6 is 0 Å². The van der Waals surface area contributed by atoms with Crippen LogP contribution in [0.15, 0.2) is 29.2 Å². The van der Waals surface area contributed by atoms with Crippen molar-refractivity contribution >= 4 is 15.7 Å². The van der Waals surface area contributed by atoms with E-state index in [9.17, 15) is 18.5 Å². The number of rotatable bonds is 3. The molecule has 1 aliphatic heterocycles. The maximum Gasteiger partial charge on any atom is 0.270 e. The fourth-order valence-corrected chi connectivity index (χ4v) is 4.24. The minimum atomic E-state index is -3.85. The predicted molar refractivity (Wildman–Crippen MR) is 71.6 cm³/mol. The van der Waals surface area contributed by atoms with Gasteiger partial charge in [-0.1, -0.05) is 6.07 Å². The van der Waals surface area contributed by atoms with Crippen molar-refractivity contribution in [2.75, 3.05) is 6.61 Å². The molecule has 1 aromatic rings. The molecular formula is C12H16N2O5S. The van der Waals surface area contributed by atoms with Crippen LogP contribution in [0, 0.1) is 10.1 Å². The molecule has 1 atom stereocenters. The fourth-order valence-electron chi connectivity index (χ4n) is 2.34. The summed E-state index contributed by atoms with van der Waals surface area (Å²) in [6, 6.07) is 5.04. The standard InChI is InChI=1S/C12H16N2O5S/c1-9-13(12(2,3)8-19-9)20(17,18)11-6-4-5-10(7-11)14(15)16/h4-7,9H,8H2,1-3H3. The van der Waals surface area contributed by atoms with Crippen LogP contribution in [0.3, 0.4) is 0 Å². The number of nitro groups is 1. The number of benzene rings is 1. The average Bonchev–Trinajstić information content (AvgIpc) is 2.63.